The number of nitro benzene ring substituents is 1. The minimum atomic E-state index is -0.710. The topological polar surface area (TPSA) is 107 Å². The molecule has 0 saturated heterocycles. The van der Waals surface area contributed by atoms with Crippen molar-refractivity contribution in [3.8, 4) is 0 Å². The van der Waals surface area contributed by atoms with Crippen LogP contribution in [0.25, 0.3) is 0 Å². The van der Waals surface area contributed by atoms with Gasteiger partial charge in [0.25, 0.3) is 5.69 Å². The third-order valence-corrected chi connectivity index (χ3v) is 2.33. The van der Waals surface area contributed by atoms with Crippen LogP contribution in [0.15, 0.2) is 30.5 Å². The van der Waals surface area contributed by atoms with Crippen LogP contribution in [-0.4, -0.2) is 14.9 Å². The highest BCUT2D eigenvalue weighted by Gasteiger charge is 2.10. The van der Waals surface area contributed by atoms with Gasteiger partial charge in [0.1, 0.15) is 11.6 Å². The fourth-order valence-electron chi connectivity index (χ4n) is 1.44. The monoisotopic (exact) mass is 263 g/mol. The quantitative estimate of drug-likeness (QED) is 0.642. The molecule has 8 heteroatoms. The van der Waals surface area contributed by atoms with Gasteiger partial charge in [-0.05, 0) is 12.1 Å². The summed E-state index contributed by atoms with van der Waals surface area (Å²) in [6.07, 6.45) is 1.49. The molecule has 0 radical (unpaired) electrons. The number of hydrogen-bond acceptors (Lipinski definition) is 6. The van der Waals surface area contributed by atoms with E-state index in [1.165, 1.54) is 24.4 Å². The highest BCUT2D eigenvalue weighted by atomic mass is 19.1. The first-order valence-electron chi connectivity index (χ1n) is 5.31. The van der Waals surface area contributed by atoms with Crippen LogP contribution in [0.1, 0.15) is 5.82 Å². The molecule has 0 amide bonds. The van der Waals surface area contributed by atoms with Crippen LogP contribution in [0, 0.1) is 15.9 Å². The minimum absolute atomic E-state index is 0.136. The van der Waals surface area contributed by atoms with Gasteiger partial charge in [-0.3, -0.25) is 10.1 Å². The number of nitrogens with zero attached hydrogens (tertiary/aromatic N) is 3. The van der Waals surface area contributed by atoms with Crippen LogP contribution in [0.5, 0.6) is 0 Å². The lowest BCUT2D eigenvalue weighted by molar-refractivity contribution is -0.385. The van der Waals surface area contributed by atoms with Crippen molar-refractivity contribution in [2.45, 2.75) is 6.54 Å². The van der Waals surface area contributed by atoms with Crippen molar-refractivity contribution in [2.24, 2.45) is 0 Å². The molecule has 19 heavy (non-hydrogen) atoms. The Balaban J connectivity index is 2.10. The van der Waals surface area contributed by atoms with Crippen molar-refractivity contribution in [1.82, 2.24) is 9.97 Å². The van der Waals surface area contributed by atoms with Crippen LogP contribution in [0.3, 0.4) is 0 Å². The van der Waals surface area contributed by atoms with Gasteiger partial charge in [-0.15, -0.1) is 0 Å². The molecule has 1 aromatic heterocycles. The normalized spacial score (nSPS) is 10.2. The van der Waals surface area contributed by atoms with Crippen molar-refractivity contribution in [1.29, 1.82) is 0 Å². The Bertz CT molecular complexity index is 620. The van der Waals surface area contributed by atoms with Crippen molar-refractivity contribution < 1.29 is 9.31 Å². The van der Waals surface area contributed by atoms with Crippen molar-refractivity contribution in [3.05, 3.63) is 52.2 Å². The first-order chi connectivity index (χ1) is 9.06. The van der Waals surface area contributed by atoms with Gasteiger partial charge in [-0.25, -0.2) is 14.4 Å². The molecule has 0 spiro atoms. The van der Waals surface area contributed by atoms with E-state index in [0.29, 0.717) is 11.6 Å². The molecule has 3 N–H and O–H groups in total. The maximum Gasteiger partial charge on any atom is 0.272 e. The highest BCUT2D eigenvalue weighted by Crippen LogP contribution is 2.20. The van der Waals surface area contributed by atoms with E-state index in [2.05, 4.69) is 15.3 Å². The zero-order valence-corrected chi connectivity index (χ0v) is 9.71. The molecule has 2 rings (SSSR count). The standard InChI is InChI=1S/C11H10FN5O2/c12-8-5-7(17(18)19)1-2-9(8)15-6-11-14-4-3-10(13)16-11/h1-5,15H,6H2,(H2,13,14,16). The second-order valence-electron chi connectivity index (χ2n) is 3.67. The fourth-order valence-corrected chi connectivity index (χ4v) is 1.44. The summed E-state index contributed by atoms with van der Waals surface area (Å²) in [7, 11) is 0. The fraction of sp³-hybridized carbons (Fsp3) is 0.0909. The number of aromatic nitrogens is 2. The van der Waals surface area contributed by atoms with Crippen molar-refractivity contribution in [3.63, 3.8) is 0 Å². The Kier molecular flexibility index (Phi) is 3.51. The van der Waals surface area contributed by atoms with Crippen LogP contribution < -0.4 is 11.1 Å². The molecule has 0 unspecified atom stereocenters. The Morgan fingerprint density at radius 2 is 2.21 bits per heavy atom. The van der Waals surface area contributed by atoms with Crippen LogP contribution in [0.2, 0.25) is 0 Å². The Labute approximate surface area is 107 Å². The van der Waals surface area contributed by atoms with E-state index in [1.807, 2.05) is 0 Å². The van der Waals surface area contributed by atoms with Crippen LogP contribution in [0.4, 0.5) is 21.6 Å². The van der Waals surface area contributed by atoms with Crippen LogP contribution in [-0.2, 0) is 6.54 Å². The van der Waals surface area contributed by atoms with Crippen LogP contribution >= 0.6 is 0 Å². The third kappa shape index (κ3) is 3.12. The van der Waals surface area contributed by atoms with E-state index in [1.54, 1.807) is 0 Å². The van der Waals surface area contributed by atoms with E-state index >= 15 is 0 Å². The molecular formula is C11H10FN5O2. The molecule has 7 nitrogen and oxygen atoms in total. The summed E-state index contributed by atoms with van der Waals surface area (Å²) in [6.45, 7) is 0.166. The summed E-state index contributed by atoms with van der Waals surface area (Å²) < 4.78 is 13.6. The van der Waals surface area contributed by atoms with Crippen molar-refractivity contribution in [2.75, 3.05) is 11.1 Å². The molecule has 0 aliphatic heterocycles. The SMILES string of the molecule is Nc1ccnc(CNc2ccc([N+](=O)[O-])cc2F)n1. The highest BCUT2D eigenvalue weighted by molar-refractivity contribution is 5.50. The van der Waals surface area contributed by atoms with Gasteiger partial charge < -0.3 is 11.1 Å². The number of benzene rings is 1. The second kappa shape index (κ2) is 5.25. The average Bonchev–Trinajstić information content (AvgIpc) is 2.37. The van der Waals surface area contributed by atoms with E-state index in [0.717, 1.165) is 6.07 Å². The van der Waals surface area contributed by atoms with Gasteiger partial charge >= 0.3 is 0 Å². The number of halogens is 1. The zero-order chi connectivity index (χ0) is 13.8. The summed E-state index contributed by atoms with van der Waals surface area (Å²) >= 11 is 0. The lowest BCUT2D eigenvalue weighted by Crippen LogP contribution is -2.06. The van der Waals surface area contributed by atoms with E-state index in [4.69, 9.17) is 5.73 Å². The zero-order valence-electron chi connectivity index (χ0n) is 9.71. The predicted molar refractivity (Wildman–Crippen MR) is 66.8 cm³/mol. The first-order valence-corrected chi connectivity index (χ1v) is 5.31. The maximum atomic E-state index is 13.6. The van der Waals surface area contributed by atoms with Crippen molar-refractivity contribution >= 4 is 17.2 Å². The lowest BCUT2D eigenvalue weighted by atomic mass is 10.2. The average molecular weight is 263 g/mol. The smallest absolute Gasteiger partial charge is 0.272 e. The van der Waals surface area contributed by atoms with Gasteiger partial charge in [0.2, 0.25) is 0 Å². The number of rotatable bonds is 4. The summed E-state index contributed by atoms with van der Waals surface area (Å²) in [5.41, 5.74) is 5.32. The number of nitrogens with one attached hydrogen (secondary N) is 1. The predicted octanol–water partition coefficient (Wildman–Crippen LogP) is 1.72. The lowest BCUT2D eigenvalue weighted by Gasteiger charge is -2.06. The molecule has 2 aromatic rings. The number of hydrogen-bond donors (Lipinski definition) is 2. The molecule has 0 aliphatic carbocycles. The van der Waals surface area contributed by atoms with E-state index in [-0.39, 0.29) is 17.9 Å². The molecule has 1 heterocycles. The second-order valence-corrected chi connectivity index (χ2v) is 3.67. The molecule has 0 aliphatic rings. The molecule has 98 valence electrons. The summed E-state index contributed by atoms with van der Waals surface area (Å²) in [4.78, 5) is 17.7. The van der Waals surface area contributed by atoms with Gasteiger partial charge in [-0.1, -0.05) is 0 Å². The summed E-state index contributed by atoms with van der Waals surface area (Å²) in [6, 6.07) is 4.89. The Morgan fingerprint density at radius 1 is 1.42 bits per heavy atom. The largest absolute Gasteiger partial charge is 0.384 e. The summed E-state index contributed by atoms with van der Waals surface area (Å²) in [5, 5.41) is 13.2. The third-order valence-electron chi connectivity index (χ3n) is 2.33. The van der Waals surface area contributed by atoms with Gasteiger partial charge in [0, 0.05) is 12.3 Å². The van der Waals surface area contributed by atoms with Gasteiger partial charge in [0.15, 0.2) is 5.82 Å². The molecule has 0 atom stereocenters. The molecule has 1 aromatic carbocycles. The number of nitrogen functional groups attached to an aromatic ring is 1. The molecule has 0 fully saturated rings. The van der Waals surface area contributed by atoms with Gasteiger partial charge in [0.05, 0.1) is 23.2 Å². The van der Waals surface area contributed by atoms with E-state index < -0.39 is 10.7 Å². The number of anilines is 2. The molecule has 0 bridgehead atoms. The summed E-state index contributed by atoms with van der Waals surface area (Å²) in [5.74, 6) is 0.00632. The van der Waals surface area contributed by atoms with Gasteiger partial charge in [-0.2, -0.15) is 0 Å². The number of non-ortho nitro benzene ring substituents is 1. The molecular weight excluding hydrogens is 253 g/mol. The number of nitrogens with two attached hydrogens (primary N) is 1. The Morgan fingerprint density at radius 3 is 2.84 bits per heavy atom. The molecule has 0 saturated carbocycles. The minimum Gasteiger partial charge on any atom is -0.384 e. The Hall–Kier alpha value is -2.77. The first kappa shape index (κ1) is 12.7. The van der Waals surface area contributed by atoms with E-state index in [9.17, 15) is 14.5 Å². The number of nitro groups is 1. The maximum absolute atomic E-state index is 13.6.